The number of rotatable bonds is 5. The highest BCUT2D eigenvalue weighted by Gasteiger charge is 2.29. The first-order valence-corrected chi connectivity index (χ1v) is 6.78. The molecule has 0 saturated carbocycles. The maximum atomic E-state index is 13.0. The third-order valence-electron chi connectivity index (χ3n) is 2.50. The number of hydrogen-bond acceptors (Lipinski definition) is 3. The zero-order valence-electron chi connectivity index (χ0n) is 9.92. The van der Waals surface area contributed by atoms with Crippen molar-refractivity contribution in [3.05, 3.63) is 35.6 Å². The molecule has 0 spiro atoms. The molecule has 0 amide bonds. The summed E-state index contributed by atoms with van der Waals surface area (Å²) in [6.45, 7) is 2.59. The lowest BCUT2D eigenvalue weighted by atomic mass is 10.1. The predicted octanol–water partition coefficient (Wildman–Crippen LogP) is 1.28. The summed E-state index contributed by atoms with van der Waals surface area (Å²) in [5.74, 6) is -1.92. The molecule has 5 nitrogen and oxygen atoms in total. The Morgan fingerprint density at radius 2 is 2.00 bits per heavy atom. The normalized spacial score (nSPS) is 15.1. The lowest BCUT2D eigenvalue weighted by molar-refractivity contribution is -0.136. The number of carboxylic acid groups (broad SMARTS) is 1. The molecular formula is C11H14FNO4S. The maximum absolute atomic E-state index is 13.0. The van der Waals surface area contributed by atoms with Gasteiger partial charge in [-0.05, 0) is 31.5 Å². The monoisotopic (exact) mass is 275 g/mol. The minimum Gasteiger partial charge on any atom is -0.480 e. The smallest absolute Gasteiger partial charge is 0.323 e. The van der Waals surface area contributed by atoms with Gasteiger partial charge in [0, 0.05) is 6.04 Å². The Kier molecular flexibility index (Phi) is 4.42. The second-order valence-electron chi connectivity index (χ2n) is 3.92. The first kappa shape index (κ1) is 14.6. The Balaban J connectivity index is 2.88. The van der Waals surface area contributed by atoms with Crippen molar-refractivity contribution in [3.63, 3.8) is 0 Å². The quantitative estimate of drug-likeness (QED) is 0.848. The number of nitrogens with one attached hydrogen (secondary N) is 1. The van der Waals surface area contributed by atoms with E-state index in [1.807, 2.05) is 0 Å². The standard InChI is InChI=1S/C11H14FNO4S/c1-7(9-4-3-5-10(12)6-9)13-18(16,17)8(2)11(14)15/h3-8,13H,1-2H3,(H,14,15)/t7-,8?/m0/s1. The minimum absolute atomic E-state index is 0.427. The van der Waals surface area contributed by atoms with Crippen molar-refractivity contribution in [2.24, 2.45) is 0 Å². The van der Waals surface area contributed by atoms with Crippen molar-refractivity contribution < 1.29 is 22.7 Å². The average molecular weight is 275 g/mol. The van der Waals surface area contributed by atoms with Gasteiger partial charge in [-0.25, -0.2) is 17.5 Å². The lowest BCUT2D eigenvalue weighted by Crippen LogP contribution is -2.38. The van der Waals surface area contributed by atoms with Gasteiger partial charge in [-0.3, -0.25) is 4.79 Å². The van der Waals surface area contributed by atoms with E-state index in [0.717, 1.165) is 6.92 Å². The fraction of sp³-hybridized carbons (Fsp3) is 0.364. The third kappa shape index (κ3) is 3.51. The molecule has 0 fully saturated rings. The summed E-state index contributed by atoms with van der Waals surface area (Å²) in [5.41, 5.74) is 0.427. The molecule has 2 N–H and O–H groups in total. The van der Waals surface area contributed by atoms with Gasteiger partial charge in [-0.15, -0.1) is 0 Å². The number of carbonyl (C=O) groups is 1. The number of hydrogen-bond donors (Lipinski definition) is 2. The van der Waals surface area contributed by atoms with Crippen LogP contribution in [-0.4, -0.2) is 24.7 Å². The molecule has 1 rings (SSSR count). The highest BCUT2D eigenvalue weighted by atomic mass is 32.2. The Labute approximate surface area is 105 Å². The summed E-state index contributed by atoms with van der Waals surface area (Å²) in [6.07, 6.45) is 0. The van der Waals surface area contributed by atoms with E-state index >= 15 is 0 Å². The van der Waals surface area contributed by atoms with Crippen LogP contribution in [0.15, 0.2) is 24.3 Å². The van der Waals surface area contributed by atoms with Crippen LogP contribution in [0.2, 0.25) is 0 Å². The zero-order chi connectivity index (χ0) is 13.9. The van der Waals surface area contributed by atoms with Gasteiger partial charge in [0.05, 0.1) is 0 Å². The van der Waals surface area contributed by atoms with E-state index in [1.54, 1.807) is 6.07 Å². The third-order valence-corrected chi connectivity index (χ3v) is 4.32. The SMILES string of the molecule is CC(C(=O)O)S(=O)(=O)N[C@@H](C)c1cccc(F)c1. The molecule has 1 unspecified atom stereocenters. The van der Waals surface area contributed by atoms with Crippen LogP contribution >= 0.6 is 0 Å². The molecule has 0 aromatic heterocycles. The molecule has 0 saturated heterocycles. The summed E-state index contributed by atoms with van der Waals surface area (Å²) in [6, 6.07) is 4.74. The van der Waals surface area contributed by atoms with E-state index in [1.165, 1.54) is 25.1 Å². The van der Waals surface area contributed by atoms with E-state index in [9.17, 15) is 17.6 Å². The van der Waals surface area contributed by atoms with E-state index in [2.05, 4.69) is 4.72 Å². The topological polar surface area (TPSA) is 83.5 Å². The van der Waals surface area contributed by atoms with Crippen LogP contribution < -0.4 is 4.72 Å². The largest absolute Gasteiger partial charge is 0.480 e. The second-order valence-corrected chi connectivity index (χ2v) is 5.95. The summed E-state index contributed by atoms with van der Waals surface area (Å²) < 4.78 is 38.5. The first-order valence-electron chi connectivity index (χ1n) is 5.23. The Bertz CT molecular complexity index is 544. The fourth-order valence-electron chi connectivity index (χ4n) is 1.33. The molecule has 7 heteroatoms. The van der Waals surface area contributed by atoms with Gasteiger partial charge in [0.25, 0.3) is 0 Å². The van der Waals surface area contributed by atoms with Gasteiger partial charge in [-0.2, -0.15) is 0 Å². The average Bonchev–Trinajstić information content (AvgIpc) is 2.27. The number of carboxylic acids is 1. The molecule has 0 heterocycles. The van der Waals surface area contributed by atoms with Gasteiger partial charge in [0.2, 0.25) is 10.0 Å². The van der Waals surface area contributed by atoms with Crippen molar-refractivity contribution >= 4 is 16.0 Å². The van der Waals surface area contributed by atoms with Gasteiger partial charge >= 0.3 is 5.97 Å². The van der Waals surface area contributed by atoms with Crippen molar-refractivity contribution in [1.29, 1.82) is 0 Å². The highest BCUT2D eigenvalue weighted by molar-refractivity contribution is 7.90. The number of halogens is 1. The summed E-state index contributed by atoms with van der Waals surface area (Å²) in [4.78, 5) is 10.6. The van der Waals surface area contributed by atoms with Crippen LogP contribution in [0.4, 0.5) is 4.39 Å². The van der Waals surface area contributed by atoms with Crippen LogP contribution in [0.1, 0.15) is 25.5 Å². The Morgan fingerprint density at radius 1 is 1.39 bits per heavy atom. The van der Waals surface area contributed by atoms with Gasteiger partial charge in [0.15, 0.2) is 5.25 Å². The van der Waals surface area contributed by atoms with E-state index in [4.69, 9.17) is 5.11 Å². The van der Waals surface area contributed by atoms with Crippen LogP contribution in [0.25, 0.3) is 0 Å². The van der Waals surface area contributed by atoms with E-state index in [0.29, 0.717) is 5.56 Å². The number of aliphatic carboxylic acids is 1. The Hall–Kier alpha value is -1.47. The van der Waals surface area contributed by atoms with Crippen LogP contribution in [-0.2, 0) is 14.8 Å². The highest BCUT2D eigenvalue weighted by Crippen LogP contribution is 2.15. The summed E-state index contributed by atoms with van der Waals surface area (Å²) >= 11 is 0. The molecule has 1 aromatic carbocycles. The first-order chi connectivity index (χ1) is 8.24. The van der Waals surface area contributed by atoms with Gasteiger partial charge in [-0.1, -0.05) is 12.1 Å². The van der Waals surface area contributed by atoms with E-state index in [-0.39, 0.29) is 0 Å². The molecule has 1 aromatic rings. The minimum atomic E-state index is -3.99. The molecule has 18 heavy (non-hydrogen) atoms. The van der Waals surface area contributed by atoms with Crippen LogP contribution in [0.5, 0.6) is 0 Å². The summed E-state index contributed by atoms with van der Waals surface area (Å²) in [7, 11) is -3.99. The molecule has 100 valence electrons. The maximum Gasteiger partial charge on any atom is 0.323 e. The number of sulfonamides is 1. The molecule has 0 radical (unpaired) electrons. The Morgan fingerprint density at radius 3 is 2.50 bits per heavy atom. The van der Waals surface area contributed by atoms with Crippen molar-refractivity contribution in [2.45, 2.75) is 25.1 Å². The molecule has 2 atom stereocenters. The van der Waals surface area contributed by atoms with Gasteiger partial charge in [0.1, 0.15) is 5.82 Å². The molecular weight excluding hydrogens is 261 g/mol. The zero-order valence-corrected chi connectivity index (χ0v) is 10.7. The van der Waals surface area contributed by atoms with Crippen molar-refractivity contribution in [1.82, 2.24) is 4.72 Å². The molecule has 0 bridgehead atoms. The molecule has 0 aliphatic carbocycles. The molecule has 0 aliphatic heterocycles. The predicted molar refractivity (Wildman–Crippen MR) is 64.0 cm³/mol. The second kappa shape index (κ2) is 5.45. The van der Waals surface area contributed by atoms with E-state index < -0.39 is 33.1 Å². The molecule has 0 aliphatic rings. The number of benzene rings is 1. The lowest BCUT2D eigenvalue weighted by Gasteiger charge is -2.16. The summed E-state index contributed by atoms with van der Waals surface area (Å²) in [5, 5.41) is 7.10. The fourth-order valence-corrected chi connectivity index (χ4v) is 2.42. The van der Waals surface area contributed by atoms with Gasteiger partial charge < -0.3 is 5.11 Å². The van der Waals surface area contributed by atoms with Crippen LogP contribution in [0.3, 0.4) is 0 Å². The van der Waals surface area contributed by atoms with Crippen molar-refractivity contribution in [2.75, 3.05) is 0 Å². The van der Waals surface area contributed by atoms with Crippen molar-refractivity contribution in [3.8, 4) is 0 Å². The van der Waals surface area contributed by atoms with Crippen LogP contribution in [0, 0.1) is 5.82 Å².